The maximum atomic E-state index is 12.3. The van der Waals surface area contributed by atoms with Crippen LogP contribution in [0.15, 0.2) is 23.8 Å². The molecule has 2 aliphatic rings. The Kier molecular flexibility index (Phi) is 3.21. The summed E-state index contributed by atoms with van der Waals surface area (Å²) in [6, 6.07) is 5.34. The van der Waals surface area contributed by atoms with Crippen LogP contribution in [0.2, 0.25) is 5.02 Å². The van der Waals surface area contributed by atoms with Gasteiger partial charge in [-0.2, -0.15) is 0 Å². The quantitative estimate of drug-likeness (QED) is 0.851. The van der Waals surface area contributed by atoms with Gasteiger partial charge in [0.2, 0.25) is 0 Å². The van der Waals surface area contributed by atoms with Crippen LogP contribution in [0.5, 0.6) is 5.75 Å². The van der Waals surface area contributed by atoms with Crippen LogP contribution in [-0.2, 0) is 4.79 Å². The van der Waals surface area contributed by atoms with Gasteiger partial charge in [-0.15, -0.1) is 0 Å². The Morgan fingerprint density at radius 3 is 3.05 bits per heavy atom. The predicted molar refractivity (Wildman–Crippen MR) is 72.1 cm³/mol. The lowest BCUT2D eigenvalue weighted by molar-refractivity contribution is -0.126. The number of hydrogen-bond donors (Lipinski definition) is 1. The number of hydrogen-bond acceptors (Lipinski definition) is 3. The second kappa shape index (κ2) is 4.87. The SMILES string of the molecule is O=C(C1=Cc2cc(Cl)ccc2OC1)N1CC[C@@H](O)C1. The first kappa shape index (κ1) is 12.5. The molecular weight excluding hydrogens is 266 g/mol. The van der Waals surface area contributed by atoms with Crippen molar-refractivity contribution >= 4 is 23.6 Å². The van der Waals surface area contributed by atoms with E-state index in [0.717, 1.165) is 11.3 Å². The Hall–Kier alpha value is -1.52. The molecule has 2 heterocycles. The highest BCUT2D eigenvalue weighted by Gasteiger charge is 2.28. The van der Waals surface area contributed by atoms with Gasteiger partial charge >= 0.3 is 0 Å². The standard InChI is InChI=1S/C14H14ClNO3/c15-11-1-2-13-9(6-11)5-10(8-19-13)14(18)16-4-3-12(17)7-16/h1-2,5-6,12,17H,3-4,7-8H2/t12-/m1/s1. The van der Waals surface area contributed by atoms with E-state index in [1.807, 2.05) is 6.08 Å². The average molecular weight is 280 g/mol. The van der Waals surface area contributed by atoms with E-state index in [9.17, 15) is 9.90 Å². The molecule has 0 spiro atoms. The second-order valence-electron chi connectivity index (χ2n) is 4.83. The fourth-order valence-corrected chi connectivity index (χ4v) is 2.58. The number of carbonyl (C=O) groups excluding carboxylic acids is 1. The minimum atomic E-state index is -0.407. The van der Waals surface area contributed by atoms with Crippen LogP contribution in [0.4, 0.5) is 0 Å². The molecule has 0 aromatic heterocycles. The monoisotopic (exact) mass is 279 g/mol. The third kappa shape index (κ3) is 2.46. The summed E-state index contributed by atoms with van der Waals surface area (Å²) in [6.07, 6.45) is 2.05. The molecule has 1 aromatic rings. The van der Waals surface area contributed by atoms with Crippen molar-refractivity contribution in [3.05, 3.63) is 34.4 Å². The molecule has 3 rings (SSSR count). The van der Waals surface area contributed by atoms with E-state index in [1.165, 1.54) is 0 Å². The summed E-state index contributed by atoms with van der Waals surface area (Å²) in [5.41, 5.74) is 1.42. The van der Waals surface area contributed by atoms with E-state index < -0.39 is 6.10 Å². The molecule has 0 radical (unpaired) electrons. The van der Waals surface area contributed by atoms with Crippen molar-refractivity contribution in [2.24, 2.45) is 0 Å². The third-order valence-corrected chi connectivity index (χ3v) is 3.65. The largest absolute Gasteiger partial charge is 0.488 e. The summed E-state index contributed by atoms with van der Waals surface area (Å²) < 4.78 is 5.56. The Labute approximate surface area is 116 Å². The number of likely N-dealkylation sites (tertiary alicyclic amines) is 1. The number of aliphatic hydroxyl groups is 1. The highest BCUT2D eigenvalue weighted by molar-refractivity contribution is 6.30. The molecule has 1 N–H and O–H groups in total. The van der Waals surface area contributed by atoms with Gasteiger partial charge < -0.3 is 14.7 Å². The lowest BCUT2D eigenvalue weighted by Gasteiger charge is -2.22. The van der Waals surface area contributed by atoms with Crippen molar-refractivity contribution in [1.82, 2.24) is 4.90 Å². The molecule has 100 valence electrons. The number of β-amino-alcohol motifs (C(OH)–C–C–N with tert-alkyl or cyclic N) is 1. The summed E-state index contributed by atoms with van der Waals surface area (Å²) in [5.74, 6) is 0.671. The summed E-state index contributed by atoms with van der Waals surface area (Å²) >= 11 is 5.94. The Morgan fingerprint density at radius 2 is 2.32 bits per heavy atom. The van der Waals surface area contributed by atoms with Crippen LogP contribution >= 0.6 is 11.6 Å². The number of aliphatic hydroxyl groups excluding tert-OH is 1. The van der Waals surface area contributed by atoms with Gasteiger partial charge in [-0.25, -0.2) is 0 Å². The van der Waals surface area contributed by atoms with Gasteiger partial charge in [0.1, 0.15) is 12.4 Å². The Morgan fingerprint density at radius 1 is 1.47 bits per heavy atom. The van der Waals surface area contributed by atoms with Gasteiger partial charge in [0.15, 0.2) is 0 Å². The van der Waals surface area contributed by atoms with Crippen molar-refractivity contribution in [2.45, 2.75) is 12.5 Å². The number of rotatable bonds is 1. The van der Waals surface area contributed by atoms with Gasteiger partial charge in [-0.05, 0) is 30.7 Å². The van der Waals surface area contributed by atoms with Crippen molar-refractivity contribution in [3.63, 3.8) is 0 Å². The molecule has 4 nitrogen and oxygen atoms in total. The number of halogens is 1. The van der Waals surface area contributed by atoms with Crippen molar-refractivity contribution < 1.29 is 14.6 Å². The fourth-order valence-electron chi connectivity index (χ4n) is 2.40. The molecule has 0 aliphatic carbocycles. The Bertz CT molecular complexity index is 556. The smallest absolute Gasteiger partial charge is 0.253 e. The molecule has 1 atom stereocenters. The second-order valence-corrected chi connectivity index (χ2v) is 5.27. The molecule has 0 bridgehead atoms. The normalized spacial score (nSPS) is 21.7. The molecule has 1 amide bonds. The maximum Gasteiger partial charge on any atom is 0.253 e. The summed E-state index contributed by atoms with van der Waals surface area (Å²) in [7, 11) is 0. The number of amides is 1. The van der Waals surface area contributed by atoms with Gasteiger partial charge in [-0.3, -0.25) is 4.79 Å². The molecule has 1 saturated heterocycles. The van der Waals surface area contributed by atoms with Crippen LogP contribution in [-0.4, -0.2) is 41.7 Å². The van der Waals surface area contributed by atoms with E-state index in [2.05, 4.69) is 0 Å². The topological polar surface area (TPSA) is 49.8 Å². The van der Waals surface area contributed by atoms with E-state index in [0.29, 0.717) is 30.1 Å². The molecule has 5 heteroatoms. The van der Waals surface area contributed by atoms with Crippen LogP contribution < -0.4 is 4.74 Å². The van der Waals surface area contributed by atoms with E-state index >= 15 is 0 Å². The van der Waals surface area contributed by atoms with Crippen molar-refractivity contribution in [2.75, 3.05) is 19.7 Å². The molecule has 2 aliphatic heterocycles. The van der Waals surface area contributed by atoms with Gasteiger partial charge in [0.25, 0.3) is 5.91 Å². The molecule has 1 fully saturated rings. The average Bonchev–Trinajstić information content (AvgIpc) is 2.83. The number of ether oxygens (including phenoxy) is 1. The first-order valence-electron chi connectivity index (χ1n) is 6.24. The number of nitrogens with zero attached hydrogens (tertiary/aromatic N) is 1. The third-order valence-electron chi connectivity index (χ3n) is 3.41. The zero-order chi connectivity index (χ0) is 13.4. The summed E-state index contributed by atoms with van der Waals surface area (Å²) in [4.78, 5) is 13.9. The van der Waals surface area contributed by atoms with Crippen molar-refractivity contribution in [1.29, 1.82) is 0 Å². The minimum absolute atomic E-state index is 0.0674. The van der Waals surface area contributed by atoms with E-state index in [-0.39, 0.29) is 12.5 Å². The van der Waals surface area contributed by atoms with E-state index in [4.69, 9.17) is 16.3 Å². The molecule has 0 unspecified atom stereocenters. The Balaban J connectivity index is 1.84. The number of benzene rings is 1. The van der Waals surface area contributed by atoms with Crippen molar-refractivity contribution in [3.8, 4) is 5.75 Å². The first-order chi connectivity index (χ1) is 9.13. The highest BCUT2D eigenvalue weighted by Crippen LogP contribution is 2.29. The van der Waals surface area contributed by atoms with Crippen LogP contribution in [0.25, 0.3) is 6.08 Å². The van der Waals surface area contributed by atoms with Gasteiger partial charge in [0.05, 0.1) is 11.7 Å². The zero-order valence-corrected chi connectivity index (χ0v) is 11.1. The zero-order valence-electron chi connectivity index (χ0n) is 10.3. The summed E-state index contributed by atoms with van der Waals surface area (Å²) in [5, 5.41) is 10.1. The fraction of sp³-hybridized carbons (Fsp3) is 0.357. The number of fused-ring (bicyclic) bond motifs is 1. The lowest BCUT2D eigenvalue weighted by Crippen LogP contribution is -2.33. The van der Waals surface area contributed by atoms with E-state index in [1.54, 1.807) is 23.1 Å². The molecular formula is C14H14ClNO3. The summed E-state index contributed by atoms with van der Waals surface area (Å²) in [6.45, 7) is 1.26. The highest BCUT2D eigenvalue weighted by atomic mass is 35.5. The first-order valence-corrected chi connectivity index (χ1v) is 6.61. The predicted octanol–water partition coefficient (Wildman–Crippen LogP) is 1.71. The van der Waals surface area contributed by atoms with Gasteiger partial charge in [-0.1, -0.05) is 11.6 Å². The molecule has 1 aromatic carbocycles. The molecule has 0 saturated carbocycles. The van der Waals surface area contributed by atoms with Crippen LogP contribution in [0, 0.1) is 0 Å². The lowest BCUT2D eigenvalue weighted by atomic mass is 10.1. The molecule has 19 heavy (non-hydrogen) atoms. The van der Waals surface area contributed by atoms with Gasteiger partial charge in [0, 0.05) is 23.7 Å². The number of carbonyl (C=O) groups is 1. The van der Waals surface area contributed by atoms with Crippen LogP contribution in [0.1, 0.15) is 12.0 Å². The minimum Gasteiger partial charge on any atom is -0.488 e. The van der Waals surface area contributed by atoms with Crippen LogP contribution in [0.3, 0.4) is 0 Å². The maximum absolute atomic E-state index is 12.3.